The van der Waals surface area contributed by atoms with Gasteiger partial charge in [-0.1, -0.05) is 0 Å². The molecule has 0 aromatic carbocycles. The van der Waals surface area contributed by atoms with Gasteiger partial charge in [-0.2, -0.15) is 18.3 Å². The summed E-state index contributed by atoms with van der Waals surface area (Å²) in [5, 5.41) is 3.43. The van der Waals surface area contributed by atoms with Gasteiger partial charge in [0.05, 0.1) is 10.7 Å². The van der Waals surface area contributed by atoms with Crippen molar-refractivity contribution in [2.24, 2.45) is 0 Å². The Bertz CT molecular complexity index is 280. The molecule has 7 heteroatoms. The molecule has 0 fully saturated rings. The van der Waals surface area contributed by atoms with E-state index in [0.29, 0.717) is 9.15 Å². The first-order chi connectivity index (χ1) is 5.40. The van der Waals surface area contributed by atoms with Crippen molar-refractivity contribution in [3.8, 4) is 0 Å². The molecule has 0 unspecified atom stereocenters. The minimum atomic E-state index is -4.29. The standard InChI is InChI=1S/C5H5BrF3N3/c6-3-1-11-12(4(3)10)2-5(7,8)9/h1H,2,10H2. The lowest BCUT2D eigenvalue weighted by Crippen LogP contribution is -2.19. The predicted octanol–water partition coefficient (Wildman–Crippen LogP) is 1.79. The van der Waals surface area contributed by atoms with Crippen molar-refractivity contribution in [1.29, 1.82) is 0 Å². The minimum Gasteiger partial charge on any atom is -0.383 e. The van der Waals surface area contributed by atoms with Gasteiger partial charge in [0.15, 0.2) is 0 Å². The first-order valence-corrected chi connectivity index (χ1v) is 3.73. The molecule has 0 radical (unpaired) electrons. The van der Waals surface area contributed by atoms with E-state index >= 15 is 0 Å². The fourth-order valence-electron chi connectivity index (χ4n) is 0.668. The zero-order valence-electron chi connectivity index (χ0n) is 5.77. The zero-order valence-corrected chi connectivity index (χ0v) is 7.35. The summed E-state index contributed by atoms with van der Waals surface area (Å²) in [4.78, 5) is 0. The van der Waals surface area contributed by atoms with Crippen LogP contribution in [0.25, 0.3) is 0 Å². The van der Waals surface area contributed by atoms with Crippen LogP contribution in [0.4, 0.5) is 19.0 Å². The topological polar surface area (TPSA) is 43.8 Å². The maximum absolute atomic E-state index is 11.8. The average molecular weight is 244 g/mol. The molecule has 3 nitrogen and oxygen atoms in total. The average Bonchev–Trinajstić information content (AvgIpc) is 2.16. The summed E-state index contributed by atoms with van der Waals surface area (Å²) < 4.78 is 36.4. The number of halogens is 4. The quantitative estimate of drug-likeness (QED) is 0.818. The monoisotopic (exact) mass is 243 g/mol. The van der Waals surface area contributed by atoms with E-state index in [2.05, 4.69) is 21.0 Å². The van der Waals surface area contributed by atoms with Crippen LogP contribution in [0.1, 0.15) is 0 Å². The maximum Gasteiger partial charge on any atom is 0.408 e. The Balaban J connectivity index is 2.83. The fraction of sp³-hybridized carbons (Fsp3) is 0.400. The van der Waals surface area contributed by atoms with Gasteiger partial charge >= 0.3 is 6.18 Å². The van der Waals surface area contributed by atoms with Crippen molar-refractivity contribution in [1.82, 2.24) is 9.78 Å². The summed E-state index contributed by atoms with van der Waals surface area (Å²) in [5.41, 5.74) is 5.26. The largest absolute Gasteiger partial charge is 0.408 e. The second-order valence-corrected chi connectivity index (χ2v) is 3.00. The van der Waals surface area contributed by atoms with Crippen LogP contribution in [0.2, 0.25) is 0 Å². The number of anilines is 1. The maximum atomic E-state index is 11.8. The van der Waals surface area contributed by atoms with E-state index in [1.165, 1.54) is 6.20 Å². The van der Waals surface area contributed by atoms with E-state index in [0.717, 1.165) is 0 Å². The lowest BCUT2D eigenvalue weighted by molar-refractivity contribution is -0.142. The van der Waals surface area contributed by atoms with E-state index in [1.807, 2.05) is 0 Å². The molecule has 12 heavy (non-hydrogen) atoms. The van der Waals surface area contributed by atoms with Crippen molar-refractivity contribution < 1.29 is 13.2 Å². The van der Waals surface area contributed by atoms with Crippen LogP contribution in [0, 0.1) is 0 Å². The highest BCUT2D eigenvalue weighted by molar-refractivity contribution is 9.10. The highest BCUT2D eigenvalue weighted by Crippen LogP contribution is 2.23. The van der Waals surface area contributed by atoms with E-state index in [4.69, 9.17) is 5.73 Å². The molecule has 0 aliphatic carbocycles. The number of nitrogens with zero attached hydrogens (tertiary/aromatic N) is 2. The van der Waals surface area contributed by atoms with Crippen molar-refractivity contribution >= 4 is 21.7 Å². The van der Waals surface area contributed by atoms with Gasteiger partial charge in [0.25, 0.3) is 0 Å². The second-order valence-electron chi connectivity index (χ2n) is 2.15. The Labute approximate surface area is 74.5 Å². The number of nitrogens with two attached hydrogens (primary N) is 1. The third-order valence-corrected chi connectivity index (χ3v) is 1.77. The Kier molecular flexibility index (Phi) is 2.31. The van der Waals surface area contributed by atoms with E-state index in [1.54, 1.807) is 0 Å². The summed E-state index contributed by atoms with van der Waals surface area (Å²) in [7, 11) is 0. The van der Waals surface area contributed by atoms with Crippen molar-refractivity contribution in [2.45, 2.75) is 12.7 Å². The Morgan fingerprint density at radius 1 is 1.58 bits per heavy atom. The molecule has 1 heterocycles. The molecule has 0 saturated heterocycles. The lowest BCUT2D eigenvalue weighted by Gasteiger charge is -2.07. The van der Waals surface area contributed by atoms with Crippen LogP contribution >= 0.6 is 15.9 Å². The highest BCUT2D eigenvalue weighted by atomic mass is 79.9. The number of nitrogen functional groups attached to an aromatic ring is 1. The van der Waals surface area contributed by atoms with Crippen LogP contribution in [-0.4, -0.2) is 16.0 Å². The Hall–Kier alpha value is -0.720. The fourth-order valence-corrected chi connectivity index (χ4v) is 0.964. The van der Waals surface area contributed by atoms with Gasteiger partial charge in [-0.15, -0.1) is 0 Å². The van der Waals surface area contributed by atoms with Crippen molar-refractivity contribution in [3.63, 3.8) is 0 Å². The normalized spacial score (nSPS) is 12.0. The number of aromatic nitrogens is 2. The van der Waals surface area contributed by atoms with Crippen LogP contribution in [0.5, 0.6) is 0 Å². The van der Waals surface area contributed by atoms with Crippen LogP contribution in [0.3, 0.4) is 0 Å². The van der Waals surface area contributed by atoms with E-state index in [9.17, 15) is 13.2 Å². The Morgan fingerprint density at radius 2 is 2.17 bits per heavy atom. The molecule has 0 spiro atoms. The summed E-state index contributed by atoms with van der Waals surface area (Å²) >= 11 is 2.95. The molecule has 2 N–H and O–H groups in total. The molecule has 0 aliphatic heterocycles. The highest BCUT2D eigenvalue weighted by Gasteiger charge is 2.29. The van der Waals surface area contributed by atoms with Crippen molar-refractivity contribution in [3.05, 3.63) is 10.7 Å². The number of hydrogen-bond donors (Lipinski definition) is 1. The molecule has 68 valence electrons. The first kappa shape index (κ1) is 9.37. The lowest BCUT2D eigenvalue weighted by atomic mass is 10.6. The molecule has 0 aliphatic rings. The van der Waals surface area contributed by atoms with E-state index < -0.39 is 12.7 Å². The van der Waals surface area contributed by atoms with Gasteiger partial charge < -0.3 is 5.73 Å². The molecule has 1 aromatic rings. The van der Waals surface area contributed by atoms with Gasteiger partial charge in [-0.3, -0.25) is 0 Å². The molecule has 0 saturated carbocycles. The van der Waals surface area contributed by atoms with Gasteiger partial charge in [-0.25, -0.2) is 4.68 Å². The zero-order chi connectivity index (χ0) is 9.35. The summed E-state index contributed by atoms with van der Waals surface area (Å²) in [6.07, 6.45) is -3.07. The molecular weight excluding hydrogens is 239 g/mol. The van der Waals surface area contributed by atoms with Gasteiger partial charge in [-0.05, 0) is 15.9 Å². The van der Waals surface area contributed by atoms with Crippen LogP contribution in [-0.2, 0) is 6.54 Å². The molecule has 1 aromatic heterocycles. The summed E-state index contributed by atoms with van der Waals surface area (Å²) in [6, 6.07) is 0. The third-order valence-electron chi connectivity index (χ3n) is 1.16. The smallest absolute Gasteiger partial charge is 0.383 e. The van der Waals surface area contributed by atoms with E-state index in [-0.39, 0.29) is 5.82 Å². The SMILES string of the molecule is Nc1c(Br)cnn1CC(F)(F)F. The Morgan fingerprint density at radius 3 is 2.50 bits per heavy atom. The third kappa shape index (κ3) is 2.13. The summed E-state index contributed by atoms with van der Waals surface area (Å²) in [6.45, 7) is -1.16. The van der Waals surface area contributed by atoms with Gasteiger partial charge in [0.1, 0.15) is 12.4 Å². The number of rotatable bonds is 1. The van der Waals surface area contributed by atoms with Crippen molar-refractivity contribution in [2.75, 3.05) is 5.73 Å². The minimum absolute atomic E-state index is 0.0210. The van der Waals surface area contributed by atoms with Crippen LogP contribution in [0.15, 0.2) is 10.7 Å². The molecule has 1 rings (SSSR count). The number of alkyl halides is 3. The molecule has 0 atom stereocenters. The van der Waals surface area contributed by atoms with Gasteiger partial charge in [0.2, 0.25) is 0 Å². The molecule has 0 bridgehead atoms. The molecular formula is C5H5BrF3N3. The summed E-state index contributed by atoms with van der Waals surface area (Å²) in [5.74, 6) is -0.0210. The van der Waals surface area contributed by atoms with Gasteiger partial charge in [0, 0.05) is 0 Å². The van der Waals surface area contributed by atoms with Crippen LogP contribution < -0.4 is 5.73 Å². The predicted molar refractivity (Wildman–Crippen MR) is 40.4 cm³/mol. The number of hydrogen-bond acceptors (Lipinski definition) is 2. The second kappa shape index (κ2) is 2.96. The first-order valence-electron chi connectivity index (χ1n) is 2.93. The molecule has 0 amide bonds.